The molecule has 1 fully saturated rings. The summed E-state index contributed by atoms with van der Waals surface area (Å²) in [5.74, 6) is -2.63. The molecule has 1 saturated heterocycles. The van der Waals surface area contributed by atoms with Gasteiger partial charge in [-0.3, -0.25) is 9.10 Å². The largest absolute Gasteiger partial charge is 0.486 e. The van der Waals surface area contributed by atoms with Crippen LogP contribution in [0.15, 0.2) is 65.6 Å². The smallest absolute Gasteiger partial charge is 0.416 e. The third-order valence-corrected chi connectivity index (χ3v) is 9.18. The van der Waals surface area contributed by atoms with Gasteiger partial charge in [0.25, 0.3) is 10.0 Å². The van der Waals surface area contributed by atoms with Crippen LogP contribution >= 0.6 is 0 Å². The fourth-order valence-corrected chi connectivity index (χ4v) is 6.74. The molecule has 1 atom stereocenters. The zero-order valence-corrected chi connectivity index (χ0v) is 22.1. The Morgan fingerprint density at radius 3 is 2.44 bits per heavy atom. The summed E-state index contributed by atoms with van der Waals surface area (Å²) in [5, 5.41) is 10.0. The number of aliphatic carboxylic acids is 1. The normalized spacial score (nSPS) is 18.9. The lowest BCUT2D eigenvalue weighted by molar-refractivity contribution is -0.157. The maximum Gasteiger partial charge on any atom is 0.416 e. The van der Waals surface area contributed by atoms with Gasteiger partial charge in [-0.15, -0.1) is 0 Å². The van der Waals surface area contributed by atoms with Crippen molar-refractivity contribution in [3.63, 3.8) is 0 Å². The molecule has 2 aliphatic rings. The average Bonchev–Trinajstić information content (AvgIpc) is 2.93. The zero-order valence-electron chi connectivity index (χ0n) is 21.3. The molecule has 1 N–H and O–H groups in total. The molecule has 13 heteroatoms. The lowest BCUT2D eigenvalue weighted by Gasteiger charge is -2.40. The van der Waals surface area contributed by atoms with Crippen LogP contribution in [0.4, 0.5) is 27.6 Å². The first-order valence-electron chi connectivity index (χ1n) is 12.6. The van der Waals surface area contributed by atoms with Gasteiger partial charge >= 0.3 is 12.1 Å². The van der Waals surface area contributed by atoms with Crippen molar-refractivity contribution in [1.82, 2.24) is 0 Å². The minimum absolute atomic E-state index is 0.00930. The van der Waals surface area contributed by atoms with Gasteiger partial charge in [0, 0.05) is 25.2 Å². The number of carbonyl (C=O) groups is 1. The van der Waals surface area contributed by atoms with Crippen LogP contribution in [0.5, 0.6) is 5.75 Å². The number of carboxylic acid groups (broad SMARTS) is 1. The molecule has 41 heavy (non-hydrogen) atoms. The number of sulfonamides is 1. The number of alkyl halides is 3. The Balaban J connectivity index is 1.61. The highest BCUT2D eigenvalue weighted by molar-refractivity contribution is 7.92. The van der Waals surface area contributed by atoms with E-state index in [1.165, 1.54) is 18.2 Å². The maximum atomic E-state index is 14.6. The molecule has 3 aromatic rings. The monoisotopic (exact) mass is 597 g/mol. The molecule has 0 aliphatic carbocycles. The standard InChI is InChI=1S/C28H24F5NO6S/c29-19-5-6-23(30)22(14-19)17-4-7-25-24(12-17)34(41(37,38)21-3-1-2-18(13-21)28(31,32)33)16-20(40-25)15-27(26(35)36)8-10-39-11-9-27/h1-7,12-14,20H,8-11,15-16H2,(H,35,36). The van der Waals surface area contributed by atoms with Gasteiger partial charge in [0.1, 0.15) is 23.5 Å². The molecule has 0 radical (unpaired) electrons. The highest BCUT2D eigenvalue weighted by Crippen LogP contribution is 2.44. The summed E-state index contributed by atoms with van der Waals surface area (Å²) in [6.07, 6.45) is -5.58. The Morgan fingerprint density at radius 1 is 1.02 bits per heavy atom. The molecule has 218 valence electrons. The minimum Gasteiger partial charge on any atom is -0.486 e. The lowest BCUT2D eigenvalue weighted by Crippen LogP contribution is -2.48. The molecule has 5 rings (SSSR count). The van der Waals surface area contributed by atoms with Crippen molar-refractivity contribution in [2.75, 3.05) is 24.1 Å². The van der Waals surface area contributed by atoms with Gasteiger partial charge < -0.3 is 14.6 Å². The van der Waals surface area contributed by atoms with E-state index in [4.69, 9.17) is 9.47 Å². The predicted octanol–water partition coefficient (Wildman–Crippen LogP) is 5.88. The molecule has 0 bridgehead atoms. The minimum atomic E-state index is -4.81. The molecule has 3 aromatic carbocycles. The SMILES string of the molecule is O=C(O)C1(CC2CN(S(=O)(=O)c3cccc(C(F)(F)F)c3)c3cc(-c4cc(F)ccc4F)ccc3O2)CCOCC1. The number of nitrogens with zero attached hydrogens (tertiary/aromatic N) is 1. The summed E-state index contributed by atoms with van der Waals surface area (Å²) in [6.45, 7) is -0.0641. The van der Waals surface area contributed by atoms with Crippen molar-refractivity contribution in [3.05, 3.63) is 77.9 Å². The van der Waals surface area contributed by atoms with E-state index in [-0.39, 0.29) is 55.0 Å². The van der Waals surface area contributed by atoms with Crippen LogP contribution in [0, 0.1) is 17.0 Å². The van der Waals surface area contributed by atoms with Crippen molar-refractivity contribution in [2.45, 2.75) is 36.4 Å². The summed E-state index contributed by atoms with van der Waals surface area (Å²) in [6, 6.07) is 9.96. The summed E-state index contributed by atoms with van der Waals surface area (Å²) in [5.41, 5.74) is -2.63. The Bertz CT molecular complexity index is 1590. The molecular weight excluding hydrogens is 573 g/mol. The first kappa shape index (κ1) is 28.8. The van der Waals surface area contributed by atoms with Crippen LogP contribution in [-0.4, -0.2) is 45.4 Å². The third-order valence-electron chi connectivity index (χ3n) is 7.40. The average molecular weight is 598 g/mol. The van der Waals surface area contributed by atoms with Gasteiger partial charge in [-0.05, 0) is 66.9 Å². The van der Waals surface area contributed by atoms with Crippen LogP contribution in [0.3, 0.4) is 0 Å². The Kier molecular flexibility index (Phi) is 7.45. The Labute approximate surface area is 232 Å². The van der Waals surface area contributed by atoms with Crippen LogP contribution in [-0.2, 0) is 25.7 Å². The van der Waals surface area contributed by atoms with Crippen LogP contribution in [0.2, 0.25) is 0 Å². The first-order chi connectivity index (χ1) is 19.3. The summed E-state index contributed by atoms with van der Waals surface area (Å²) in [4.78, 5) is 11.6. The molecule has 0 amide bonds. The molecule has 1 unspecified atom stereocenters. The van der Waals surface area contributed by atoms with Crippen LogP contribution < -0.4 is 9.04 Å². The second kappa shape index (κ2) is 10.6. The van der Waals surface area contributed by atoms with Gasteiger partial charge in [-0.25, -0.2) is 17.2 Å². The van der Waals surface area contributed by atoms with E-state index in [9.17, 15) is 40.3 Å². The van der Waals surface area contributed by atoms with E-state index in [1.807, 2.05) is 0 Å². The Hall–Kier alpha value is -3.71. The van der Waals surface area contributed by atoms with E-state index < -0.39 is 62.3 Å². The number of rotatable bonds is 6. The van der Waals surface area contributed by atoms with Crippen LogP contribution in [0.1, 0.15) is 24.8 Å². The fraction of sp³-hybridized carbons (Fsp3) is 0.321. The Morgan fingerprint density at radius 2 is 1.76 bits per heavy atom. The van der Waals surface area contributed by atoms with Crippen molar-refractivity contribution in [1.29, 1.82) is 0 Å². The topological polar surface area (TPSA) is 93.1 Å². The highest BCUT2D eigenvalue weighted by Gasteiger charge is 2.45. The van der Waals surface area contributed by atoms with E-state index in [2.05, 4.69) is 0 Å². The van der Waals surface area contributed by atoms with E-state index in [1.54, 1.807) is 0 Å². The fourth-order valence-electron chi connectivity index (χ4n) is 5.20. The first-order valence-corrected chi connectivity index (χ1v) is 14.0. The van der Waals surface area contributed by atoms with Crippen molar-refractivity contribution in [3.8, 4) is 16.9 Å². The lowest BCUT2D eigenvalue weighted by atomic mass is 9.75. The van der Waals surface area contributed by atoms with Crippen molar-refractivity contribution in [2.24, 2.45) is 5.41 Å². The van der Waals surface area contributed by atoms with Crippen molar-refractivity contribution >= 4 is 21.7 Å². The number of benzene rings is 3. The molecule has 2 aliphatic heterocycles. The molecule has 2 heterocycles. The number of fused-ring (bicyclic) bond motifs is 1. The van der Waals surface area contributed by atoms with Gasteiger partial charge in [-0.2, -0.15) is 13.2 Å². The number of anilines is 1. The molecule has 0 aromatic heterocycles. The number of halogens is 5. The maximum absolute atomic E-state index is 14.6. The van der Waals surface area contributed by atoms with Crippen molar-refractivity contribution < 1.29 is 49.7 Å². The highest BCUT2D eigenvalue weighted by atomic mass is 32.2. The second-order valence-electron chi connectivity index (χ2n) is 10.0. The van der Waals surface area contributed by atoms with Gasteiger partial charge in [0.05, 0.1) is 28.1 Å². The zero-order chi connectivity index (χ0) is 29.6. The van der Waals surface area contributed by atoms with E-state index in [0.29, 0.717) is 6.07 Å². The van der Waals surface area contributed by atoms with E-state index in [0.717, 1.165) is 40.7 Å². The predicted molar refractivity (Wildman–Crippen MR) is 137 cm³/mol. The number of hydrogen-bond acceptors (Lipinski definition) is 5. The quantitative estimate of drug-likeness (QED) is 0.357. The molecule has 0 spiro atoms. The number of ether oxygens (including phenoxy) is 2. The van der Waals surface area contributed by atoms with Crippen LogP contribution in [0.25, 0.3) is 11.1 Å². The molecule has 0 saturated carbocycles. The summed E-state index contributed by atoms with van der Waals surface area (Å²) >= 11 is 0. The van der Waals surface area contributed by atoms with E-state index >= 15 is 0 Å². The second-order valence-corrected chi connectivity index (χ2v) is 11.9. The number of carboxylic acids is 1. The van der Waals surface area contributed by atoms with Gasteiger partial charge in [0.15, 0.2) is 0 Å². The van der Waals surface area contributed by atoms with Gasteiger partial charge in [-0.1, -0.05) is 12.1 Å². The molecular formula is C28H24F5NO6S. The third kappa shape index (κ3) is 5.60. The number of hydrogen-bond donors (Lipinski definition) is 1. The van der Waals surface area contributed by atoms with Gasteiger partial charge in [0.2, 0.25) is 0 Å². The summed E-state index contributed by atoms with van der Waals surface area (Å²) < 4.78 is 109. The molecule has 7 nitrogen and oxygen atoms in total. The summed E-state index contributed by atoms with van der Waals surface area (Å²) in [7, 11) is -4.68.